The normalized spacial score (nSPS) is 25.9. The first-order chi connectivity index (χ1) is 14.3. The van der Waals surface area contributed by atoms with Gasteiger partial charge in [-0.1, -0.05) is 50.2 Å². The number of nitrogens with one attached hydrogen (secondary N) is 1. The molecule has 4 atom stereocenters. The van der Waals surface area contributed by atoms with E-state index >= 15 is 0 Å². The monoisotopic (exact) mass is 412 g/mol. The third kappa shape index (κ3) is 4.09. The summed E-state index contributed by atoms with van der Waals surface area (Å²) in [6, 6.07) is 12.7. The molecule has 1 N–H and O–H groups in total. The number of nitrogens with zero attached hydrogens (tertiary/aromatic N) is 1. The van der Waals surface area contributed by atoms with Crippen LogP contribution in [0.5, 0.6) is 0 Å². The van der Waals surface area contributed by atoms with Gasteiger partial charge in [-0.3, -0.25) is 9.59 Å². The predicted octanol–water partition coefficient (Wildman–Crippen LogP) is 4.18. The molecular formula is C24H26F2N2O2. The van der Waals surface area contributed by atoms with Crippen LogP contribution in [0.3, 0.4) is 0 Å². The highest BCUT2D eigenvalue weighted by molar-refractivity contribution is 5.91. The Morgan fingerprint density at radius 2 is 1.83 bits per heavy atom. The average Bonchev–Trinajstić information content (AvgIpc) is 3.52. The van der Waals surface area contributed by atoms with E-state index in [4.69, 9.17) is 0 Å². The van der Waals surface area contributed by atoms with Gasteiger partial charge >= 0.3 is 0 Å². The van der Waals surface area contributed by atoms with Crippen LogP contribution in [0.2, 0.25) is 0 Å². The Balaban J connectivity index is 1.55. The minimum absolute atomic E-state index is 0.0776. The van der Waals surface area contributed by atoms with Crippen molar-refractivity contribution in [2.75, 3.05) is 6.54 Å². The molecule has 2 aliphatic rings. The van der Waals surface area contributed by atoms with Gasteiger partial charge in [0.15, 0.2) is 11.6 Å². The smallest absolute Gasteiger partial charge is 0.243 e. The van der Waals surface area contributed by atoms with E-state index in [0.717, 1.165) is 11.6 Å². The highest BCUT2D eigenvalue weighted by atomic mass is 19.2. The van der Waals surface area contributed by atoms with Gasteiger partial charge < -0.3 is 10.2 Å². The molecule has 1 aliphatic heterocycles. The molecule has 2 fully saturated rings. The quantitative estimate of drug-likeness (QED) is 0.801. The molecule has 2 amide bonds. The zero-order valence-corrected chi connectivity index (χ0v) is 17.1. The van der Waals surface area contributed by atoms with E-state index in [1.54, 1.807) is 4.90 Å². The van der Waals surface area contributed by atoms with Crippen molar-refractivity contribution in [1.29, 1.82) is 0 Å². The summed E-state index contributed by atoms with van der Waals surface area (Å²) in [5.74, 6) is -2.18. The maximum absolute atomic E-state index is 13.6. The number of hydrogen-bond donors (Lipinski definition) is 1. The summed E-state index contributed by atoms with van der Waals surface area (Å²) in [5.41, 5.74) is 1.59. The minimum Gasteiger partial charge on any atom is -0.346 e. The van der Waals surface area contributed by atoms with Crippen LogP contribution < -0.4 is 5.32 Å². The van der Waals surface area contributed by atoms with E-state index in [-0.39, 0.29) is 35.6 Å². The molecule has 4 rings (SSSR count). The van der Waals surface area contributed by atoms with Crippen molar-refractivity contribution in [3.05, 3.63) is 71.3 Å². The van der Waals surface area contributed by atoms with Gasteiger partial charge in [0.1, 0.15) is 6.04 Å². The molecule has 0 spiro atoms. The summed E-state index contributed by atoms with van der Waals surface area (Å²) in [4.78, 5) is 28.0. The molecule has 1 aliphatic carbocycles. The Labute approximate surface area is 175 Å². The van der Waals surface area contributed by atoms with Crippen LogP contribution in [-0.2, 0) is 9.59 Å². The predicted molar refractivity (Wildman–Crippen MR) is 109 cm³/mol. The molecule has 2 aromatic rings. The van der Waals surface area contributed by atoms with Crippen LogP contribution in [0.25, 0.3) is 0 Å². The lowest BCUT2D eigenvalue weighted by molar-refractivity contribution is -0.146. The number of amides is 2. The SMILES string of the molecule is CC(C)C[C@H]1C(=O)N[C@@H](c2ccccc2)CN1C(=O)[C@@H]1C[C@H]1c1ccc(F)c(F)c1. The zero-order chi connectivity index (χ0) is 21.4. The summed E-state index contributed by atoms with van der Waals surface area (Å²) < 4.78 is 26.9. The number of hydrogen-bond acceptors (Lipinski definition) is 2. The number of rotatable bonds is 5. The largest absolute Gasteiger partial charge is 0.346 e. The molecule has 1 saturated heterocycles. The molecule has 6 heteroatoms. The van der Waals surface area contributed by atoms with Crippen molar-refractivity contribution in [1.82, 2.24) is 10.2 Å². The highest BCUT2D eigenvalue weighted by Crippen LogP contribution is 2.49. The molecule has 0 aromatic heterocycles. The van der Waals surface area contributed by atoms with Crippen LogP contribution in [0.1, 0.15) is 49.8 Å². The molecule has 30 heavy (non-hydrogen) atoms. The van der Waals surface area contributed by atoms with E-state index in [0.29, 0.717) is 24.9 Å². The number of benzene rings is 2. The first-order valence-electron chi connectivity index (χ1n) is 10.5. The standard InChI is InChI=1S/C24H26F2N2O2/c1-14(2)10-22-23(29)27-21(15-6-4-3-5-7-15)13-28(22)24(30)18-12-17(18)16-8-9-19(25)20(26)11-16/h3-9,11,14,17-18,21-22H,10,12-13H2,1-2H3,(H,27,29)/t17-,18+,21+,22-/m0/s1. The fraction of sp³-hybridized carbons (Fsp3) is 0.417. The Morgan fingerprint density at radius 1 is 1.10 bits per heavy atom. The van der Waals surface area contributed by atoms with Crippen molar-refractivity contribution in [2.45, 2.75) is 44.7 Å². The van der Waals surface area contributed by atoms with Gasteiger partial charge in [-0.05, 0) is 47.9 Å². The molecule has 4 nitrogen and oxygen atoms in total. The summed E-state index contributed by atoms with van der Waals surface area (Å²) in [5, 5.41) is 3.06. The van der Waals surface area contributed by atoms with Gasteiger partial charge in [-0.15, -0.1) is 0 Å². The van der Waals surface area contributed by atoms with E-state index in [1.807, 2.05) is 44.2 Å². The van der Waals surface area contributed by atoms with Crippen LogP contribution >= 0.6 is 0 Å². The number of piperazine rings is 1. The van der Waals surface area contributed by atoms with E-state index in [2.05, 4.69) is 5.32 Å². The van der Waals surface area contributed by atoms with Gasteiger partial charge in [0.25, 0.3) is 0 Å². The highest BCUT2D eigenvalue weighted by Gasteiger charge is 2.49. The maximum atomic E-state index is 13.6. The Bertz CT molecular complexity index is 947. The molecule has 0 radical (unpaired) electrons. The van der Waals surface area contributed by atoms with Crippen LogP contribution in [0.4, 0.5) is 8.78 Å². The second kappa shape index (κ2) is 8.17. The third-order valence-corrected chi connectivity index (χ3v) is 6.03. The van der Waals surface area contributed by atoms with Gasteiger partial charge in [0, 0.05) is 12.5 Å². The molecular weight excluding hydrogens is 386 g/mol. The fourth-order valence-corrected chi connectivity index (χ4v) is 4.37. The molecule has 158 valence electrons. The molecule has 1 heterocycles. The van der Waals surface area contributed by atoms with Crippen LogP contribution in [-0.4, -0.2) is 29.3 Å². The fourth-order valence-electron chi connectivity index (χ4n) is 4.37. The van der Waals surface area contributed by atoms with Crippen molar-refractivity contribution >= 4 is 11.8 Å². The second-order valence-electron chi connectivity index (χ2n) is 8.73. The van der Waals surface area contributed by atoms with Gasteiger partial charge in [0.05, 0.1) is 6.04 Å². The third-order valence-electron chi connectivity index (χ3n) is 6.03. The van der Waals surface area contributed by atoms with E-state index in [9.17, 15) is 18.4 Å². The average molecular weight is 412 g/mol. The zero-order valence-electron chi connectivity index (χ0n) is 17.1. The number of carbonyl (C=O) groups is 2. The molecule has 2 aromatic carbocycles. The number of carbonyl (C=O) groups excluding carboxylic acids is 2. The summed E-state index contributed by atoms with van der Waals surface area (Å²) in [6.07, 6.45) is 1.17. The van der Waals surface area contributed by atoms with Crippen LogP contribution in [0.15, 0.2) is 48.5 Å². The Morgan fingerprint density at radius 3 is 2.50 bits per heavy atom. The van der Waals surface area contributed by atoms with Crippen molar-refractivity contribution in [3.63, 3.8) is 0 Å². The lowest BCUT2D eigenvalue weighted by atomic mass is 9.95. The van der Waals surface area contributed by atoms with Gasteiger partial charge in [0.2, 0.25) is 11.8 Å². The van der Waals surface area contributed by atoms with Gasteiger partial charge in [-0.25, -0.2) is 8.78 Å². The van der Waals surface area contributed by atoms with Crippen molar-refractivity contribution in [3.8, 4) is 0 Å². The lowest BCUT2D eigenvalue weighted by Crippen LogP contribution is -2.59. The Kier molecular flexibility index (Phi) is 5.58. The first-order valence-corrected chi connectivity index (χ1v) is 10.5. The second-order valence-corrected chi connectivity index (χ2v) is 8.73. The first kappa shape index (κ1) is 20.5. The van der Waals surface area contributed by atoms with E-state index < -0.39 is 17.7 Å². The molecule has 1 saturated carbocycles. The van der Waals surface area contributed by atoms with Gasteiger partial charge in [-0.2, -0.15) is 0 Å². The van der Waals surface area contributed by atoms with Crippen molar-refractivity contribution in [2.24, 2.45) is 11.8 Å². The topological polar surface area (TPSA) is 49.4 Å². The summed E-state index contributed by atoms with van der Waals surface area (Å²) in [7, 11) is 0. The number of halogens is 2. The lowest BCUT2D eigenvalue weighted by Gasteiger charge is -2.40. The van der Waals surface area contributed by atoms with Crippen molar-refractivity contribution < 1.29 is 18.4 Å². The van der Waals surface area contributed by atoms with Crippen LogP contribution in [0, 0.1) is 23.5 Å². The summed E-state index contributed by atoms with van der Waals surface area (Å²) in [6.45, 7) is 4.47. The molecule has 0 bridgehead atoms. The summed E-state index contributed by atoms with van der Waals surface area (Å²) >= 11 is 0. The Hall–Kier alpha value is -2.76. The minimum atomic E-state index is -0.898. The maximum Gasteiger partial charge on any atom is 0.243 e. The molecule has 0 unspecified atom stereocenters. The van der Waals surface area contributed by atoms with E-state index in [1.165, 1.54) is 12.1 Å².